The first kappa shape index (κ1) is 15.9. The van der Waals surface area contributed by atoms with Gasteiger partial charge < -0.3 is 5.11 Å². The van der Waals surface area contributed by atoms with Crippen molar-refractivity contribution < 1.29 is 5.11 Å². The van der Waals surface area contributed by atoms with Crippen LogP contribution in [0.4, 0.5) is 0 Å². The molecule has 0 saturated carbocycles. The van der Waals surface area contributed by atoms with Crippen LogP contribution in [-0.4, -0.2) is 35.0 Å². The number of aliphatic hydroxyl groups is 1. The highest BCUT2D eigenvalue weighted by Gasteiger charge is 2.53. The number of aliphatic hydroxyl groups excluding tert-OH is 1. The van der Waals surface area contributed by atoms with Gasteiger partial charge in [0.25, 0.3) is 0 Å². The van der Waals surface area contributed by atoms with Gasteiger partial charge >= 0.3 is 0 Å². The van der Waals surface area contributed by atoms with Crippen LogP contribution in [0.25, 0.3) is 0 Å². The Labute approximate surface area is 117 Å². The maximum atomic E-state index is 9.18. The van der Waals surface area contributed by atoms with Gasteiger partial charge in [0.1, 0.15) is 0 Å². The molecule has 0 aliphatic carbocycles. The van der Waals surface area contributed by atoms with Crippen molar-refractivity contribution in [2.75, 3.05) is 18.1 Å². The van der Waals surface area contributed by atoms with Crippen LogP contribution in [0.5, 0.6) is 0 Å². The Balaban J connectivity index is 2.96. The average molecular weight is 293 g/mol. The molecule has 0 unspecified atom stereocenters. The third-order valence-corrected chi connectivity index (χ3v) is 17.3. The molecule has 17 heavy (non-hydrogen) atoms. The summed E-state index contributed by atoms with van der Waals surface area (Å²) >= 11 is 4.40. The van der Waals surface area contributed by atoms with Crippen LogP contribution in [0.1, 0.15) is 40.0 Å². The molecule has 1 saturated heterocycles. The van der Waals surface area contributed by atoms with Gasteiger partial charge in [-0.2, -0.15) is 0 Å². The van der Waals surface area contributed by atoms with Crippen LogP contribution in [0.2, 0.25) is 18.1 Å². The SMILES string of the molecule is CC(C)(C)[Si](C)(C)C1(CCCO)SCCCS1. The minimum absolute atomic E-state index is 0.345. The van der Waals surface area contributed by atoms with Crippen LogP contribution in [-0.2, 0) is 0 Å². The van der Waals surface area contributed by atoms with E-state index in [-0.39, 0.29) is 0 Å². The number of hydrogen-bond donors (Lipinski definition) is 1. The molecule has 1 rings (SSSR count). The van der Waals surface area contributed by atoms with Gasteiger partial charge in [0.15, 0.2) is 0 Å². The van der Waals surface area contributed by atoms with Gasteiger partial charge in [0, 0.05) is 6.61 Å². The molecule has 102 valence electrons. The molecule has 1 fully saturated rings. The first-order valence-electron chi connectivity index (χ1n) is 6.66. The zero-order chi connectivity index (χ0) is 13.2. The summed E-state index contributed by atoms with van der Waals surface area (Å²) in [6.07, 6.45) is 3.51. The Bertz CT molecular complexity index is 242. The van der Waals surface area contributed by atoms with Gasteiger partial charge in [-0.3, -0.25) is 0 Å². The van der Waals surface area contributed by atoms with E-state index >= 15 is 0 Å². The Kier molecular flexibility index (Phi) is 5.52. The van der Waals surface area contributed by atoms with E-state index in [1.165, 1.54) is 24.3 Å². The van der Waals surface area contributed by atoms with Crippen LogP contribution in [0, 0.1) is 0 Å². The van der Waals surface area contributed by atoms with Crippen LogP contribution >= 0.6 is 23.5 Å². The third kappa shape index (κ3) is 3.25. The molecule has 1 nitrogen and oxygen atoms in total. The highest BCUT2D eigenvalue weighted by molar-refractivity contribution is 8.21. The van der Waals surface area contributed by atoms with Crippen molar-refractivity contribution >= 4 is 31.6 Å². The number of thioether (sulfide) groups is 2. The van der Waals surface area contributed by atoms with Crippen molar-refractivity contribution in [1.82, 2.24) is 0 Å². The molecule has 0 bridgehead atoms. The second kappa shape index (κ2) is 5.89. The van der Waals surface area contributed by atoms with Crippen LogP contribution in [0.3, 0.4) is 0 Å². The number of rotatable bonds is 4. The van der Waals surface area contributed by atoms with E-state index in [1.54, 1.807) is 0 Å². The molecule has 1 aliphatic heterocycles. The Morgan fingerprint density at radius 1 is 1.18 bits per heavy atom. The minimum Gasteiger partial charge on any atom is -0.396 e. The zero-order valence-corrected chi connectivity index (χ0v) is 14.6. The summed E-state index contributed by atoms with van der Waals surface area (Å²) in [6, 6.07) is 0. The summed E-state index contributed by atoms with van der Waals surface area (Å²) in [5.41, 5.74) is 0. The molecule has 0 spiro atoms. The molecule has 0 aromatic carbocycles. The standard InChI is InChI=1S/C13H28OS2Si/c1-12(2,3)17(4,5)13(8-6-9-14)15-10-7-11-16-13/h14H,6-11H2,1-5H3. The molecular weight excluding hydrogens is 264 g/mol. The Hall–Kier alpha value is 0.877. The minimum atomic E-state index is -1.38. The maximum absolute atomic E-state index is 9.18. The monoisotopic (exact) mass is 292 g/mol. The lowest BCUT2D eigenvalue weighted by atomic mass is 10.2. The predicted molar refractivity (Wildman–Crippen MR) is 85.8 cm³/mol. The van der Waals surface area contributed by atoms with E-state index in [0.29, 0.717) is 15.3 Å². The van der Waals surface area contributed by atoms with E-state index < -0.39 is 8.07 Å². The summed E-state index contributed by atoms with van der Waals surface area (Å²) in [6.45, 7) is 12.7. The van der Waals surface area contributed by atoms with Gasteiger partial charge in [0.2, 0.25) is 0 Å². The quantitative estimate of drug-likeness (QED) is 0.777. The second-order valence-corrected chi connectivity index (χ2v) is 15.9. The molecular formula is C13H28OS2Si. The van der Waals surface area contributed by atoms with Crippen molar-refractivity contribution in [1.29, 1.82) is 0 Å². The highest BCUT2D eigenvalue weighted by Crippen LogP contribution is 2.58. The molecule has 0 aromatic heterocycles. The molecule has 0 atom stereocenters. The topological polar surface area (TPSA) is 20.2 Å². The molecule has 1 N–H and O–H groups in total. The lowest BCUT2D eigenvalue weighted by Gasteiger charge is -2.53. The lowest BCUT2D eigenvalue weighted by molar-refractivity contribution is 0.285. The average Bonchev–Trinajstić information content (AvgIpc) is 2.26. The van der Waals surface area contributed by atoms with Crippen molar-refractivity contribution in [3.8, 4) is 0 Å². The van der Waals surface area contributed by atoms with E-state index in [1.807, 2.05) is 0 Å². The Morgan fingerprint density at radius 2 is 1.71 bits per heavy atom. The summed E-state index contributed by atoms with van der Waals surface area (Å²) in [7, 11) is -1.38. The molecule has 0 radical (unpaired) electrons. The fraction of sp³-hybridized carbons (Fsp3) is 1.00. The fourth-order valence-corrected chi connectivity index (χ4v) is 12.4. The zero-order valence-electron chi connectivity index (χ0n) is 12.0. The molecule has 1 heterocycles. The lowest BCUT2D eigenvalue weighted by Crippen LogP contribution is -2.57. The molecule has 0 amide bonds. The van der Waals surface area contributed by atoms with Gasteiger partial charge in [-0.25, -0.2) is 0 Å². The number of hydrogen-bond acceptors (Lipinski definition) is 3. The summed E-state index contributed by atoms with van der Waals surface area (Å²) in [5.74, 6) is 2.62. The largest absolute Gasteiger partial charge is 0.396 e. The third-order valence-electron chi connectivity index (χ3n) is 4.45. The summed E-state index contributed by atoms with van der Waals surface area (Å²) in [4.78, 5) is 0. The van der Waals surface area contributed by atoms with Crippen molar-refractivity contribution in [2.45, 2.75) is 61.9 Å². The highest BCUT2D eigenvalue weighted by atomic mass is 32.2. The van der Waals surface area contributed by atoms with Crippen LogP contribution in [0.15, 0.2) is 0 Å². The maximum Gasteiger partial charge on any atom is 0.0835 e. The van der Waals surface area contributed by atoms with Crippen molar-refractivity contribution in [3.63, 3.8) is 0 Å². The van der Waals surface area contributed by atoms with E-state index in [4.69, 9.17) is 0 Å². The first-order valence-corrected chi connectivity index (χ1v) is 11.6. The fourth-order valence-electron chi connectivity index (χ4n) is 2.28. The Morgan fingerprint density at radius 3 is 2.12 bits per heavy atom. The summed E-state index contributed by atoms with van der Waals surface area (Å²) in [5, 5.41) is 9.61. The van der Waals surface area contributed by atoms with E-state index in [0.717, 1.165) is 6.42 Å². The van der Waals surface area contributed by atoms with Gasteiger partial charge in [-0.1, -0.05) is 33.9 Å². The second-order valence-electron chi connectivity index (χ2n) is 6.51. The molecule has 4 heteroatoms. The first-order chi connectivity index (χ1) is 7.77. The van der Waals surface area contributed by atoms with E-state index in [2.05, 4.69) is 57.4 Å². The van der Waals surface area contributed by atoms with Gasteiger partial charge in [-0.05, 0) is 35.8 Å². The van der Waals surface area contributed by atoms with Gasteiger partial charge in [0.05, 0.1) is 11.8 Å². The summed E-state index contributed by atoms with van der Waals surface area (Å²) < 4.78 is 0.423. The van der Waals surface area contributed by atoms with E-state index in [9.17, 15) is 5.11 Å². The van der Waals surface area contributed by atoms with Crippen molar-refractivity contribution in [3.05, 3.63) is 0 Å². The molecule has 1 aliphatic rings. The smallest absolute Gasteiger partial charge is 0.0835 e. The van der Waals surface area contributed by atoms with Crippen molar-refractivity contribution in [2.24, 2.45) is 0 Å². The molecule has 0 aromatic rings. The van der Waals surface area contributed by atoms with Crippen LogP contribution < -0.4 is 0 Å². The normalized spacial score (nSPS) is 21.5. The predicted octanol–water partition coefficient (Wildman–Crippen LogP) is 4.37. The van der Waals surface area contributed by atoms with Gasteiger partial charge in [-0.15, -0.1) is 23.5 Å².